The molecule has 1 aliphatic heterocycles. The van der Waals surface area contributed by atoms with Crippen LogP contribution >= 0.6 is 11.6 Å². The number of carbonyl (C=O) groups excluding carboxylic acids is 1. The van der Waals surface area contributed by atoms with Gasteiger partial charge in [0.15, 0.2) is 0 Å². The highest BCUT2D eigenvalue weighted by atomic mass is 35.5. The van der Waals surface area contributed by atoms with Gasteiger partial charge in [-0.05, 0) is 37.8 Å². The summed E-state index contributed by atoms with van der Waals surface area (Å²) >= 11 is 5.85. The highest BCUT2D eigenvalue weighted by Crippen LogP contribution is 2.29. The molecule has 102 valence electrons. The van der Waals surface area contributed by atoms with E-state index in [0.29, 0.717) is 5.02 Å². The first-order valence-electron chi connectivity index (χ1n) is 6.89. The van der Waals surface area contributed by atoms with Crippen LogP contribution in [0.3, 0.4) is 0 Å². The molecule has 5 heteroatoms. The predicted molar refractivity (Wildman–Crippen MR) is 75.3 cm³/mol. The van der Waals surface area contributed by atoms with E-state index in [1.165, 1.54) is 0 Å². The van der Waals surface area contributed by atoms with Crippen molar-refractivity contribution in [2.24, 2.45) is 5.92 Å². The first kappa shape index (κ1) is 12.7. The summed E-state index contributed by atoms with van der Waals surface area (Å²) in [4.78, 5) is 18.4. The first-order valence-corrected chi connectivity index (χ1v) is 7.27. The number of hydrogen-bond donors (Lipinski definition) is 1. The number of rotatable bonds is 3. The third kappa shape index (κ3) is 3.18. The lowest BCUT2D eigenvalue weighted by Crippen LogP contribution is -2.48. The fourth-order valence-corrected chi connectivity index (χ4v) is 2.63. The van der Waals surface area contributed by atoms with Crippen molar-refractivity contribution in [1.82, 2.24) is 10.3 Å². The molecule has 0 aromatic carbocycles. The van der Waals surface area contributed by atoms with E-state index in [2.05, 4.69) is 15.2 Å². The number of nitrogens with zero attached hydrogens (tertiary/aromatic N) is 2. The summed E-state index contributed by atoms with van der Waals surface area (Å²) < 4.78 is 0. The Morgan fingerprint density at radius 3 is 2.89 bits per heavy atom. The zero-order valence-electron chi connectivity index (χ0n) is 10.8. The van der Waals surface area contributed by atoms with Gasteiger partial charge in [-0.1, -0.05) is 11.6 Å². The maximum absolute atomic E-state index is 11.8. The van der Waals surface area contributed by atoms with Crippen molar-refractivity contribution in [2.45, 2.75) is 31.7 Å². The molecule has 2 aliphatic rings. The second-order valence-corrected chi connectivity index (χ2v) is 5.84. The average molecular weight is 280 g/mol. The fraction of sp³-hybridized carbons (Fsp3) is 0.571. The third-order valence-corrected chi connectivity index (χ3v) is 3.98. The molecule has 1 aliphatic carbocycles. The second-order valence-electron chi connectivity index (χ2n) is 5.40. The molecular formula is C14H18ClN3O. The Labute approximate surface area is 118 Å². The van der Waals surface area contributed by atoms with Gasteiger partial charge in [0.1, 0.15) is 5.82 Å². The van der Waals surface area contributed by atoms with Gasteiger partial charge in [-0.15, -0.1) is 0 Å². The van der Waals surface area contributed by atoms with Crippen LogP contribution in [0.1, 0.15) is 25.7 Å². The smallest absolute Gasteiger partial charge is 0.223 e. The summed E-state index contributed by atoms with van der Waals surface area (Å²) in [5.41, 5.74) is 0. The molecule has 19 heavy (non-hydrogen) atoms. The van der Waals surface area contributed by atoms with Gasteiger partial charge < -0.3 is 10.2 Å². The van der Waals surface area contributed by atoms with Crippen LogP contribution in [0, 0.1) is 5.92 Å². The fourth-order valence-electron chi connectivity index (χ4n) is 2.52. The molecule has 2 heterocycles. The standard InChI is InChI=1S/C14H18ClN3O/c15-11-5-6-13(16-8-11)18-7-1-2-12(9-18)17-14(19)10-3-4-10/h5-6,8,10,12H,1-4,7,9H2,(H,17,19). The summed E-state index contributed by atoms with van der Waals surface area (Å²) in [5.74, 6) is 1.45. The number of hydrogen-bond acceptors (Lipinski definition) is 3. The number of pyridine rings is 1. The van der Waals surface area contributed by atoms with Gasteiger partial charge in [0.25, 0.3) is 0 Å². The maximum atomic E-state index is 11.8. The number of piperidine rings is 1. The lowest BCUT2D eigenvalue weighted by Gasteiger charge is -2.34. The molecule has 1 saturated heterocycles. The van der Waals surface area contributed by atoms with E-state index in [0.717, 1.165) is 44.6 Å². The number of nitrogens with one attached hydrogen (secondary N) is 1. The van der Waals surface area contributed by atoms with Crippen LogP contribution in [0.5, 0.6) is 0 Å². The van der Waals surface area contributed by atoms with Crippen LogP contribution in [0.15, 0.2) is 18.3 Å². The predicted octanol–water partition coefficient (Wildman–Crippen LogP) is 2.23. The molecule has 0 radical (unpaired) electrons. The topological polar surface area (TPSA) is 45.2 Å². The molecule has 1 amide bonds. The van der Waals surface area contributed by atoms with Gasteiger partial charge in [0, 0.05) is 31.2 Å². The Morgan fingerprint density at radius 2 is 2.21 bits per heavy atom. The molecule has 1 aromatic rings. The minimum atomic E-state index is 0.232. The molecule has 1 N–H and O–H groups in total. The minimum absolute atomic E-state index is 0.232. The Bertz CT molecular complexity index is 458. The highest BCUT2D eigenvalue weighted by Gasteiger charge is 2.32. The average Bonchev–Trinajstić information content (AvgIpc) is 3.24. The van der Waals surface area contributed by atoms with Gasteiger partial charge >= 0.3 is 0 Å². The van der Waals surface area contributed by atoms with Crippen LogP contribution in [-0.2, 0) is 4.79 Å². The van der Waals surface area contributed by atoms with Crippen LogP contribution in [0.25, 0.3) is 0 Å². The van der Waals surface area contributed by atoms with E-state index in [1.54, 1.807) is 6.20 Å². The van der Waals surface area contributed by atoms with E-state index in [4.69, 9.17) is 11.6 Å². The van der Waals surface area contributed by atoms with Crippen LogP contribution in [0.2, 0.25) is 5.02 Å². The summed E-state index contributed by atoms with van der Waals surface area (Å²) in [6.07, 6.45) is 5.92. The Morgan fingerprint density at radius 1 is 1.37 bits per heavy atom. The zero-order valence-corrected chi connectivity index (χ0v) is 11.6. The minimum Gasteiger partial charge on any atom is -0.355 e. The molecular weight excluding hydrogens is 262 g/mol. The van der Waals surface area contributed by atoms with Crippen molar-refractivity contribution in [1.29, 1.82) is 0 Å². The molecule has 4 nitrogen and oxygen atoms in total. The van der Waals surface area contributed by atoms with E-state index in [9.17, 15) is 4.79 Å². The maximum Gasteiger partial charge on any atom is 0.223 e. The number of halogens is 1. The number of carbonyl (C=O) groups is 1. The quantitative estimate of drug-likeness (QED) is 0.923. The van der Waals surface area contributed by atoms with Crippen LogP contribution in [-0.4, -0.2) is 30.0 Å². The lowest BCUT2D eigenvalue weighted by molar-refractivity contribution is -0.123. The third-order valence-electron chi connectivity index (χ3n) is 3.75. The van der Waals surface area contributed by atoms with Crippen molar-refractivity contribution in [3.8, 4) is 0 Å². The molecule has 1 unspecified atom stereocenters. The van der Waals surface area contributed by atoms with Crippen molar-refractivity contribution >= 4 is 23.3 Å². The molecule has 0 bridgehead atoms. The lowest BCUT2D eigenvalue weighted by atomic mass is 10.1. The van der Waals surface area contributed by atoms with E-state index >= 15 is 0 Å². The van der Waals surface area contributed by atoms with Gasteiger partial charge in [-0.25, -0.2) is 4.98 Å². The SMILES string of the molecule is O=C(NC1CCCN(c2ccc(Cl)cn2)C1)C1CC1. The van der Waals surface area contributed by atoms with Gasteiger partial charge in [0.05, 0.1) is 5.02 Å². The number of aromatic nitrogens is 1. The Balaban J connectivity index is 1.60. The molecule has 1 atom stereocenters. The molecule has 2 fully saturated rings. The summed E-state index contributed by atoms with van der Waals surface area (Å²) in [6.45, 7) is 1.83. The number of amides is 1. The Hall–Kier alpha value is -1.29. The monoisotopic (exact) mass is 279 g/mol. The van der Waals surface area contributed by atoms with Crippen molar-refractivity contribution in [3.05, 3.63) is 23.4 Å². The largest absolute Gasteiger partial charge is 0.355 e. The van der Waals surface area contributed by atoms with E-state index in [1.807, 2.05) is 12.1 Å². The van der Waals surface area contributed by atoms with Gasteiger partial charge in [-0.3, -0.25) is 4.79 Å². The molecule has 1 saturated carbocycles. The molecule has 3 rings (SSSR count). The molecule has 0 spiro atoms. The Kier molecular flexibility index (Phi) is 3.60. The van der Waals surface area contributed by atoms with Crippen molar-refractivity contribution < 1.29 is 4.79 Å². The normalized spacial score (nSPS) is 23.2. The first-order chi connectivity index (χ1) is 9.22. The van der Waals surface area contributed by atoms with Crippen LogP contribution < -0.4 is 10.2 Å². The van der Waals surface area contributed by atoms with Crippen molar-refractivity contribution in [3.63, 3.8) is 0 Å². The van der Waals surface area contributed by atoms with Gasteiger partial charge in [-0.2, -0.15) is 0 Å². The summed E-state index contributed by atoms with van der Waals surface area (Å²) in [5, 5.41) is 3.81. The highest BCUT2D eigenvalue weighted by molar-refractivity contribution is 6.30. The summed E-state index contributed by atoms with van der Waals surface area (Å²) in [6, 6.07) is 4.04. The zero-order chi connectivity index (χ0) is 13.2. The van der Waals surface area contributed by atoms with Gasteiger partial charge in [0.2, 0.25) is 5.91 Å². The van der Waals surface area contributed by atoms with Crippen LogP contribution in [0.4, 0.5) is 5.82 Å². The molecule has 1 aromatic heterocycles. The van der Waals surface area contributed by atoms with E-state index in [-0.39, 0.29) is 17.9 Å². The van der Waals surface area contributed by atoms with E-state index < -0.39 is 0 Å². The second kappa shape index (κ2) is 5.37. The van der Waals surface area contributed by atoms with Crippen molar-refractivity contribution in [2.75, 3.05) is 18.0 Å². The number of anilines is 1. The summed E-state index contributed by atoms with van der Waals surface area (Å²) in [7, 11) is 0.